The van der Waals surface area contributed by atoms with Gasteiger partial charge in [-0.1, -0.05) is 30.3 Å². The van der Waals surface area contributed by atoms with Crippen LogP contribution in [-0.2, 0) is 4.79 Å². The van der Waals surface area contributed by atoms with Crippen LogP contribution in [-0.4, -0.2) is 63.6 Å². The molecule has 5 rings (SSSR count). The monoisotopic (exact) mass is 464 g/mol. The fourth-order valence-corrected chi connectivity index (χ4v) is 4.87. The van der Waals surface area contributed by atoms with E-state index in [0.29, 0.717) is 0 Å². The number of aromatic nitrogens is 1. The van der Waals surface area contributed by atoms with Crippen molar-refractivity contribution in [3.63, 3.8) is 0 Å². The van der Waals surface area contributed by atoms with Gasteiger partial charge in [0.1, 0.15) is 18.2 Å². The number of hydrogen-bond acceptors (Lipinski definition) is 4. The smallest absolute Gasteiger partial charge is 0.322 e. The van der Waals surface area contributed by atoms with Crippen molar-refractivity contribution < 1.29 is 23.5 Å². The number of fused-ring (bicyclic) bond motifs is 1. The molecule has 9 heteroatoms. The first-order chi connectivity index (χ1) is 16.5. The van der Waals surface area contributed by atoms with Gasteiger partial charge in [0.05, 0.1) is 24.4 Å². The van der Waals surface area contributed by atoms with Crippen LogP contribution in [0.15, 0.2) is 67.0 Å². The normalized spacial score (nSPS) is 21.6. The van der Waals surface area contributed by atoms with Gasteiger partial charge in [-0.25, -0.2) is 13.6 Å². The Morgan fingerprint density at radius 2 is 1.91 bits per heavy atom. The maximum atomic E-state index is 14.0. The fraction of sp³-hybridized carbons (Fsp3) is 0.240. The topological polar surface area (TPSA) is 85.8 Å². The molecule has 2 aliphatic rings. The van der Waals surface area contributed by atoms with Crippen molar-refractivity contribution in [2.24, 2.45) is 0 Å². The highest BCUT2D eigenvalue weighted by Gasteiger charge is 2.54. The van der Waals surface area contributed by atoms with Gasteiger partial charge in [0.15, 0.2) is 0 Å². The standard InChI is InChI=1S/C25H22F2N4O3/c26-18-7-8-19(27)20(10-18)29-25(34)30-12-21-24(22(14-32)31(21)23(33)13-30)16-5-3-15(4-6-16)17-2-1-9-28-11-17/h1-11,21-22,24,32H,12-14H2,(H,29,34)/t21-,22-,24-/m1/s1. The Labute approximate surface area is 194 Å². The Kier molecular flexibility index (Phi) is 5.70. The number of nitrogens with zero attached hydrogens (tertiary/aromatic N) is 3. The van der Waals surface area contributed by atoms with Crippen LogP contribution in [0.3, 0.4) is 0 Å². The largest absolute Gasteiger partial charge is 0.394 e. The molecule has 2 aliphatic heterocycles. The average Bonchev–Trinajstić information content (AvgIpc) is 2.83. The van der Waals surface area contributed by atoms with E-state index in [1.165, 1.54) is 4.90 Å². The minimum Gasteiger partial charge on any atom is -0.394 e. The predicted molar refractivity (Wildman–Crippen MR) is 121 cm³/mol. The summed E-state index contributed by atoms with van der Waals surface area (Å²) in [5.74, 6) is -1.92. The van der Waals surface area contributed by atoms with E-state index in [9.17, 15) is 23.5 Å². The van der Waals surface area contributed by atoms with Crippen molar-refractivity contribution >= 4 is 17.6 Å². The van der Waals surface area contributed by atoms with Gasteiger partial charge in [-0.05, 0) is 34.9 Å². The van der Waals surface area contributed by atoms with Gasteiger partial charge in [-0.15, -0.1) is 0 Å². The van der Waals surface area contributed by atoms with Gasteiger partial charge >= 0.3 is 6.03 Å². The number of anilines is 1. The summed E-state index contributed by atoms with van der Waals surface area (Å²) in [6.45, 7) is -0.194. The zero-order chi connectivity index (χ0) is 23.8. The van der Waals surface area contributed by atoms with Gasteiger partial charge < -0.3 is 20.2 Å². The van der Waals surface area contributed by atoms with Crippen LogP contribution in [0.5, 0.6) is 0 Å². The summed E-state index contributed by atoms with van der Waals surface area (Å²) in [6, 6.07) is 13.0. The minimum absolute atomic E-state index is 0.168. The Hall–Kier alpha value is -3.85. The summed E-state index contributed by atoms with van der Waals surface area (Å²) >= 11 is 0. The van der Waals surface area contributed by atoms with Crippen LogP contribution in [0.4, 0.5) is 19.3 Å². The van der Waals surface area contributed by atoms with E-state index in [-0.39, 0.29) is 49.3 Å². The van der Waals surface area contributed by atoms with E-state index >= 15 is 0 Å². The van der Waals surface area contributed by atoms with Gasteiger partial charge in [0.25, 0.3) is 0 Å². The van der Waals surface area contributed by atoms with E-state index in [1.54, 1.807) is 17.3 Å². The van der Waals surface area contributed by atoms with Crippen molar-refractivity contribution in [1.29, 1.82) is 0 Å². The number of aliphatic hydroxyl groups is 1. The fourth-order valence-electron chi connectivity index (χ4n) is 4.87. The summed E-state index contributed by atoms with van der Waals surface area (Å²) in [5.41, 5.74) is 2.62. The first-order valence-electron chi connectivity index (χ1n) is 10.9. The zero-order valence-electron chi connectivity index (χ0n) is 18.1. The van der Waals surface area contributed by atoms with Crippen molar-refractivity contribution in [3.8, 4) is 11.1 Å². The highest BCUT2D eigenvalue weighted by atomic mass is 19.1. The number of amides is 3. The molecule has 0 spiro atoms. The maximum Gasteiger partial charge on any atom is 0.322 e. The van der Waals surface area contributed by atoms with Crippen LogP contribution in [0.1, 0.15) is 11.5 Å². The number of rotatable bonds is 4. The quantitative estimate of drug-likeness (QED) is 0.621. The van der Waals surface area contributed by atoms with Crippen LogP contribution in [0.2, 0.25) is 0 Å². The Balaban J connectivity index is 1.35. The summed E-state index contributed by atoms with van der Waals surface area (Å²) in [5, 5.41) is 12.3. The molecule has 2 fully saturated rings. The number of piperazine rings is 1. The molecule has 2 N–H and O–H groups in total. The molecule has 174 valence electrons. The molecule has 7 nitrogen and oxygen atoms in total. The molecular weight excluding hydrogens is 442 g/mol. The number of nitrogens with one attached hydrogen (secondary N) is 1. The van der Waals surface area contributed by atoms with Crippen molar-refractivity contribution in [1.82, 2.24) is 14.8 Å². The van der Waals surface area contributed by atoms with Crippen LogP contribution >= 0.6 is 0 Å². The summed E-state index contributed by atoms with van der Waals surface area (Å²) < 4.78 is 27.4. The van der Waals surface area contributed by atoms with E-state index in [4.69, 9.17) is 0 Å². The van der Waals surface area contributed by atoms with Gasteiger partial charge in [0, 0.05) is 30.9 Å². The van der Waals surface area contributed by atoms with E-state index < -0.39 is 17.7 Å². The number of hydrogen-bond donors (Lipinski definition) is 2. The molecule has 0 radical (unpaired) electrons. The van der Waals surface area contributed by atoms with E-state index in [0.717, 1.165) is 34.9 Å². The number of benzene rings is 2. The molecular formula is C25H22F2N4O3. The van der Waals surface area contributed by atoms with Crippen molar-refractivity contribution in [2.75, 3.05) is 25.0 Å². The SMILES string of the molecule is O=C(Nc1cc(F)ccc1F)N1CC(=O)N2[C@H](CO)[C@H](c3ccc(-c4cccnc4)cc3)[C@H]2C1. The van der Waals surface area contributed by atoms with Crippen LogP contribution in [0, 0.1) is 11.6 Å². The summed E-state index contributed by atoms with van der Waals surface area (Å²) in [4.78, 5) is 32.6. The third-order valence-electron chi connectivity index (χ3n) is 6.50. The van der Waals surface area contributed by atoms with Crippen molar-refractivity contribution in [2.45, 2.75) is 18.0 Å². The van der Waals surface area contributed by atoms with Crippen LogP contribution < -0.4 is 5.32 Å². The Morgan fingerprint density at radius 1 is 1.12 bits per heavy atom. The van der Waals surface area contributed by atoms with Gasteiger partial charge in [0.2, 0.25) is 5.91 Å². The zero-order valence-corrected chi connectivity index (χ0v) is 18.1. The molecule has 0 bridgehead atoms. The second kappa shape index (κ2) is 8.83. The highest BCUT2D eigenvalue weighted by Crippen LogP contribution is 2.43. The van der Waals surface area contributed by atoms with E-state index in [2.05, 4.69) is 10.3 Å². The number of halogens is 2. The predicted octanol–water partition coefficient (Wildman–Crippen LogP) is 3.23. The lowest BCUT2D eigenvalue weighted by molar-refractivity contribution is -0.159. The molecule has 3 amide bonds. The van der Waals surface area contributed by atoms with Crippen LogP contribution in [0.25, 0.3) is 11.1 Å². The third-order valence-corrected chi connectivity index (χ3v) is 6.50. The van der Waals surface area contributed by atoms with Crippen molar-refractivity contribution in [3.05, 3.63) is 84.2 Å². The lowest BCUT2D eigenvalue weighted by atomic mass is 9.73. The molecule has 2 aromatic carbocycles. The second-order valence-corrected chi connectivity index (χ2v) is 8.44. The summed E-state index contributed by atoms with van der Waals surface area (Å²) in [7, 11) is 0. The number of carbonyl (C=O) groups is 2. The number of urea groups is 1. The number of carbonyl (C=O) groups excluding carboxylic acids is 2. The van der Waals surface area contributed by atoms with E-state index in [1.807, 2.05) is 36.4 Å². The lowest BCUT2D eigenvalue weighted by Crippen LogP contribution is -2.73. The number of pyridine rings is 1. The highest BCUT2D eigenvalue weighted by molar-refractivity contribution is 5.94. The third kappa shape index (κ3) is 3.88. The molecule has 0 saturated carbocycles. The average molecular weight is 464 g/mol. The molecule has 0 aliphatic carbocycles. The molecule has 3 heterocycles. The summed E-state index contributed by atoms with van der Waals surface area (Å²) in [6.07, 6.45) is 3.48. The first kappa shape index (κ1) is 22.0. The molecule has 3 atom stereocenters. The van der Waals surface area contributed by atoms with Gasteiger partial charge in [-0.3, -0.25) is 9.78 Å². The molecule has 1 aromatic heterocycles. The second-order valence-electron chi connectivity index (χ2n) is 8.44. The molecule has 3 aromatic rings. The molecule has 2 saturated heterocycles. The molecule has 34 heavy (non-hydrogen) atoms. The van der Waals surface area contributed by atoms with Gasteiger partial charge in [-0.2, -0.15) is 0 Å². The Bertz CT molecular complexity index is 1220. The minimum atomic E-state index is -0.768. The lowest BCUT2D eigenvalue weighted by Gasteiger charge is -2.58. The number of aliphatic hydroxyl groups excluding tert-OH is 1. The molecule has 0 unspecified atom stereocenters. The maximum absolute atomic E-state index is 14.0. The first-order valence-corrected chi connectivity index (χ1v) is 10.9. The Morgan fingerprint density at radius 3 is 2.62 bits per heavy atom.